The van der Waals surface area contributed by atoms with Crippen LogP contribution in [0.2, 0.25) is 0 Å². The summed E-state index contributed by atoms with van der Waals surface area (Å²) in [4.78, 5) is 81.2. The molecule has 0 saturated carbocycles. The normalized spacial score (nSPS) is 27.1. The van der Waals surface area contributed by atoms with Crippen LogP contribution in [0.5, 0.6) is 0 Å². The molecule has 0 unspecified atom stereocenters. The number of β-lactam (4-membered cyclic amide) rings is 2. The van der Waals surface area contributed by atoms with E-state index < -0.39 is 80.2 Å². The maximum absolute atomic E-state index is 13.2. The van der Waals surface area contributed by atoms with Gasteiger partial charge in [0.05, 0.1) is 0 Å². The molecular formula is C36H44N6O8S4. The lowest BCUT2D eigenvalue weighted by Crippen LogP contribution is -2.71. The van der Waals surface area contributed by atoms with Crippen molar-refractivity contribution in [3.8, 4) is 0 Å². The molecule has 0 aliphatic carbocycles. The monoisotopic (exact) mass is 816 g/mol. The quantitative estimate of drug-likeness (QED) is 0.0879. The van der Waals surface area contributed by atoms with Gasteiger partial charge in [-0.15, -0.1) is 23.5 Å². The van der Waals surface area contributed by atoms with E-state index in [1.54, 1.807) is 48.5 Å². The number of nitrogens with zero attached hydrogens (tertiary/aromatic N) is 2. The fourth-order valence-corrected chi connectivity index (χ4v) is 11.9. The SMILES string of the molecule is CC1(C)S[C@@H]2[C@H](NC(=O)[C@H](N)c3ccccc3)C(=O)N2[C@H]1C(=O)OCCSSCCOC(=O)[C@@H]1N2C(=O)[C@@H](NC(=O)[C@H](N)c3ccccc3)[C@H]2SC1(C)C. The van der Waals surface area contributed by atoms with Gasteiger partial charge in [0.2, 0.25) is 23.6 Å². The highest BCUT2D eigenvalue weighted by atomic mass is 33.1. The average molecular weight is 817 g/mol. The second kappa shape index (κ2) is 16.4. The van der Waals surface area contributed by atoms with Crippen molar-refractivity contribution in [1.29, 1.82) is 0 Å². The third-order valence-electron chi connectivity index (χ3n) is 9.71. The van der Waals surface area contributed by atoms with Gasteiger partial charge in [-0.3, -0.25) is 19.2 Å². The van der Waals surface area contributed by atoms with Crippen LogP contribution in [-0.4, -0.2) is 114 Å². The summed E-state index contributed by atoms with van der Waals surface area (Å²) in [6, 6.07) is 12.8. The number of hydrogen-bond acceptors (Lipinski definition) is 14. The molecule has 290 valence electrons. The van der Waals surface area contributed by atoms with Gasteiger partial charge < -0.3 is 41.4 Å². The molecule has 0 radical (unpaired) electrons. The first kappa shape index (κ1) is 40.2. The predicted octanol–water partition coefficient (Wildman–Crippen LogP) is 1.95. The number of benzene rings is 2. The minimum absolute atomic E-state index is 0.117. The Balaban J connectivity index is 0.883. The molecule has 6 N–H and O–H groups in total. The Hall–Kier alpha value is -3.42. The van der Waals surface area contributed by atoms with Gasteiger partial charge in [0.15, 0.2) is 0 Å². The number of esters is 2. The van der Waals surface area contributed by atoms with Crippen LogP contribution in [0.25, 0.3) is 0 Å². The van der Waals surface area contributed by atoms with Crippen molar-refractivity contribution < 1.29 is 38.2 Å². The number of carbonyl (C=O) groups is 6. The zero-order valence-corrected chi connectivity index (χ0v) is 33.4. The summed E-state index contributed by atoms with van der Waals surface area (Å²) in [5.41, 5.74) is 13.5. The molecule has 4 saturated heterocycles. The zero-order valence-electron chi connectivity index (χ0n) is 30.2. The summed E-state index contributed by atoms with van der Waals surface area (Å²) in [6.07, 6.45) is 0. The molecule has 2 aromatic carbocycles. The molecule has 54 heavy (non-hydrogen) atoms. The molecule has 4 amide bonds. The number of fused-ring (bicyclic) bond motifs is 2. The molecule has 2 aromatic rings. The summed E-state index contributed by atoms with van der Waals surface area (Å²) in [6.45, 7) is 7.73. The van der Waals surface area contributed by atoms with E-state index in [-0.39, 0.29) is 25.0 Å². The van der Waals surface area contributed by atoms with Crippen LogP contribution in [0.1, 0.15) is 50.9 Å². The number of hydrogen-bond donors (Lipinski definition) is 4. The largest absolute Gasteiger partial charge is 0.463 e. The average Bonchev–Trinajstić information content (AvgIpc) is 3.57. The van der Waals surface area contributed by atoms with E-state index in [1.807, 2.05) is 39.8 Å². The van der Waals surface area contributed by atoms with E-state index in [2.05, 4.69) is 10.6 Å². The Bertz CT molecular complexity index is 1640. The molecule has 4 aliphatic rings. The van der Waals surface area contributed by atoms with Crippen LogP contribution in [0.3, 0.4) is 0 Å². The summed E-state index contributed by atoms with van der Waals surface area (Å²) in [5.74, 6) is -1.71. The fourth-order valence-electron chi connectivity index (χ4n) is 6.99. The molecule has 4 fully saturated rings. The number of amides is 4. The van der Waals surface area contributed by atoms with Crippen LogP contribution < -0.4 is 22.1 Å². The van der Waals surface area contributed by atoms with E-state index in [1.165, 1.54) is 54.9 Å². The highest BCUT2D eigenvalue weighted by molar-refractivity contribution is 8.76. The molecule has 18 heteroatoms. The first-order valence-electron chi connectivity index (χ1n) is 17.4. The molecule has 4 heterocycles. The zero-order chi connectivity index (χ0) is 38.9. The van der Waals surface area contributed by atoms with Crippen molar-refractivity contribution in [3.05, 3.63) is 71.8 Å². The Labute approximate surface area is 330 Å². The third kappa shape index (κ3) is 7.95. The minimum atomic E-state index is -0.922. The maximum Gasteiger partial charge on any atom is 0.330 e. The van der Waals surface area contributed by atoms with Crippen molar-refractivity contribution in [2.24, 2.45) is 11.5 Å². The minimum Gasteiger partial charge on any atom is -0.463 e. The fraction of sp³-hybridized carbons (Fsp3) is 0.500. The van der Waals surface area contributed by atoms with Crippen molar-refractivity contribution in [1.82, 2.24) is 20.4 Å². The van der Waals surface area contributed by atoms with Gasteiger partial charge in [-0.2, -0.15) is 0 Å². The van der Waals surface area contributed by atoms with Crippen LogP contribution >= 0.6 is 45.1 Å². The number of carbonyl (C=O) groups excluding carboxylic acids is 6. The number of rotatable bonds is 15. The third-order valence-corrected chi connectivity index (χ3v) is 15.2. The Kier molecular flexibility index (Phi) is 12.2. The second-order valence-electron chi connectivity index (χ2n) is 14.2. The van der Waals surface area contributed by atoms with Gasteiger partial charge in [0, 0.05) is 21.0 Å². The van der Waals surface area contributed by atoms with Crippen molar-refractivity contribution in [3.63, 3.8) is 0 Å². The van der Waals surface area contributed by atoms with E-state index in [0.717, 1.165) is 0 Å². The molecule has 0 aromatic heterocycles. The van der Waals surface area contributed by atoms with Crippen LogP contribution in [0.4, 0.5) is 0 Å². The van der Waals surface area contributed by atoms with Gasteiger partial charge in [0.25, 0.3) is 0 Å². The van der Waals surface area contributed by atoms with Crippen molar-refractivity contribution in [2.75, 3.05) is 24.7 Å². The Morgan fingerprint density at radius 1 is 0.685 bits per heavy atom. The van der Waals surface area contributed by atoms with E-state index in [9.17, 15) is 28.8 Å². The summed E-state index contributed by atoms with van der Waals surface area (Å²) < 4.78 is 9.87. The predicted molar refractivity (Wildman–Crippen MR) is 210 cm³/mol. The maximum atomic E-state index is 13.2. The van der Waals surface area contributed by atoms with Gasteiger partial charge in [-0.1, -0.05) is 82.3 Å². The van der Waals surface area contributed by atoms with Gasteiger partial charge >= 0.3 is 11.9 Å². The lowest BCUT2D eigenvalue weighted by molar-refractivity contribution is -0.164. The molecule has 8 atom stereocenters. The Morgan fingerprint density at radius 3 is 1.39 bits per heavy atom. The topological polar surface area (TPSA) is 203 Å². The van der Waals surface area contributed by atoms with E-state index >= 15 is 0 Å². The van der Waals surface area contributed by atoms with Gasteiger partial charge in [-0.05, 0) is 38.8 Å². The molecule has 0 spiro atoms. The highest BCUT2D eigenvalue weighted by Crippen LogP contribution is 2.52. The first-order chi connectivity index (χ1) is 25.6. The second-order valence-corrected chi connectivity index (χ2v) is 20.5. The Morgan fingerprint density at radius 2 is 1.04 bits per heavy atom. The molecular weight excluding hydrogens is 773 g/mol. The van der Waals surface area contributed by atoms with E-state index in [0.29, 0.717) is 22.6 Å². The number of nitrogens with one attached hydrogen (secondary N) is 2. The summed E-state index contributed by atoms with van der Waals surface area (Å²) in [7, 11) is 2.90. The van der Waals surface area contributed by atoms with Crippen LogP contribution in [0.15, 0.2) is 60.7 Å². The van der Waals surface area contributed by atoms with Crippen molar-refractivity contribution in [2.45, 2.75) is 84.2 Å². The van der Waals surface area contributed by atoms with Crippen LogP contribution in [-0.2, 0) is 38.2 Å². The van der Waals surface area contributed by atoms with E-state index in [4.69, 9.17) is 20.9 Å². The number of ether oxygens (including phenoxy) is 2. The molecule has 6 rings (SSSR count). The lowest BCUT2D eigenvalue weighted by atomic mass is 9.95. The first-order valence-corrected chi connectivity index (χ1v) is 21.7. The highest BCUT2D eigenvalue weighted by Gasteiger charge is 2.65. The smallest absolute Gasteiger partial charge is 0.330 e. The summed E-state index contributed by atoms with van der Waals surface area (Å²) in [5, 5.41) is 4.70. The number of thioether (sulfide) groups is 2. The lowest BCUT2D eigenvalue weighted by Gasteiger charge is -2.44. The molecule has 14 nitrogen and oxygen atoms in total. The summed E-state index contributed by atoms with van der Waals surface area (Å²) >= 11 is 2.88. The van der Waals surface area contributed by atoms with Crippen molar-refractivity contribution >= 4 is 80.7 Å². The van der Waals surface area contributed by atoms with Gasteiger partial charge in [-0.25, -0.2) is 9.59 Å². The van der Waals surface area contributed by atoms with Gasteiger partial charge in [0.1, 0.15) is 60.2 Å². The number of nitrogens with two attached hydrogens (primary N) is 2. The standard InChI is InChI=1S/C36H44N6O8S4/c1-35(2)25(41-29(45)23(31(41)53-35)39-27(43)21(37)19-11-7-5-8-12-19)33(47)49-15-17-51-52-18-16-50-34(48)26-36(3,4)54-32-24(30(46)42(26)32)40-28(44)22(38)20-13-9-6-10-14-20/h5-14,21-26,31-32H,15-18,37-38H2,1-4H3,(H,39,43)(H,40,44)/t21-,22-,23-,24-,25+,26+,31-,32-/m1/s1. The van der Waals surface area contributed by atoms with Crippen LogP contribution in [0, 0.1) is 0 Å². The molecule has 4 aliphatic heterocycles. The molecule has 0 bridgehead atoms.